The molecule has 5 heteroatoms. The van der Waals surface area contributed by atoms with Crippen molar-refractivity contribution in [2.75, 3.05) is 0 Å². The Morgan fingerprint density at radius 2 is 1.40 bits per heavy atom. The van der Waals surface area contributed by atoms with Crippen LogP contribution in [-0.4, -0.2) is 0 Å². The Morgan fingerprint density at radius 1 is 1.40 bits per heavy atom. The van der Waals surface area contributed by atoms with E-state index in [9.17, 15) is 0 Å². The molecule has 1 nitrogen and oxygen atoms in total. The van der Waals surface area contributed by atoms with Gasteiger partial charge in [-0.25, -0.2) is 0 Å². The Balaban J connectivity index is -0.0000000200. The number of rotatable bonds is 0. The van der Waals surface area contributed by atoms with E-state index in [0.717, 1.165) is 24.1 Å². The first-order valence-corrected chi connectivity index (χ1v) is 5.83. The van der Waals surface area contributed by atoms with Gasteiger partial charge >= 0.3 is 34.5 Å². The van der Waals surface area contributed by atoms with Gasteiger partial charge in [-0.15, -0.1) is 24.8 Å². The van der Waals surface area contributed by atoms with Gasteiger partial charge in [-0.05, 0) is 0 Å². The summed E-state index contributed by atoms with van der Waals surface area (Å²) in [6.07, 6.45) is 0. The first-order chi connectivity index (χ1) is 1.41. The maximum atomic E-state index is 9.05. The van der Waals surface area contributed by atoms with Crippen LogP contribution in [0, 0.1) is 0 Å². The fraction of sp³-hybridized carbons (Fsp3) is 0. The summed E-state index contributed by atoms with van der Waals surface area (Å²) in [7, 11) is 0. The predicted octanol–water partition coefficient (Wildman–Crippen LogP) is 1.05. The molecule has 1 atom stereocenters. The van der Waals surface area contributed by atoms with Crippen molar-refractivity contribution < 1.29 is 28.7 Å². The minimum absolute atomic E-state index is 0. The standard InChI is InChI=1S/2ClH.H2OP.Zr/c;;1-2;/h2*1H;2H2;/q;;+1;-1. The molecule has 0 heterocycles. The van der Waals surface area contributed by atoms with E-state index in [1.54, 1.807) is 0 Å². The summed E-state index contributed by atoms with van der Waals surface area (Å²) in [4.78, 5) is 0. The van der Waals surface area contributed by atoms with Gasteiger partial charge in [-0.2, -0.15) is 0 Å². The summed E-state index contributed by atoms with van der Waals surface area (Å²) < 4.78 is 9.05. The van der Waals surface area contributed by atoms with E-state index in [2.05, 4.69) is 0 Å². The molecule has 33 valence electrons. The van der Waals surface area contributed by atoms with E-state index in [1.807, 2.05) is 0 Å². The molecule has 0 aliphatic carbocycles. The van der Waals surface area contributed by atoms with Crippen molar-refractivity contribution in [1.29, 1.82) is 0 Å². The first kappa shape index (κ1) is 15.9. The van der Waals surface area contributed by atoms with E-state index in [4.69, 9.17) is 4.57 Å². The van der Waals surface area contributed by atoms with Crippen LogP contribution in [-0.2, 0) is 28.7 Å². The Hall–Kier alpha value is 1.69. The van der Waals surface area contributed by atoms with Crippen molar-refractivity contribution in [3.63, 3.8) is 0 Å². The third-order valence-electron chi connectivity index (χ3n) is 0. The number of hydrogen-bond donors (Lipinski definition) is 0. The predicted molar refractivity (Wildman–Crippen MR) is 24.9 cm³/mol. The molecule has 0 saturated heterocycles. The molecule has 1 unspecified atom stereocenters. The molecule has 0 rings (SSSR count). The van der Waals surface area contributed by atoms with E-state index in [-0.39, 0.29) is 24.8 Å². The van der Waals surface area contributed by atoms with Crippen LogP contribution in [0.4, 0.5) is 0 Å². The average molecular weight is 213 g/mol. The van der Waals surface area contributed by atoms with Crippen molar-refractivity contribution in [3.8, 4) is 0 Å². The third kappa shape index (κ3) is 27.1. The second kappa shape index (κ2) is 17.3. The summed E-state index contributed by atoms with van der Waals surface area (Å²) in [5, 5.41) is 0. The molecule has 0 spiro atoms. The summed E-state index contributed by atoms with van der Waals surface area (Å²) in [6.45, 7) is 0. The van der Waals surface area contributed by atoms with Crippen LogP contribution >= 0.6 is 30.6 Å². The monoisotopic (exact) mass is 211 g/mol. The molecule has 0 amide bonds. The van der Waals surface area contributed by atoms with E-state index < -0.39 is 5.75 Å². The van der Waals surface area contributed by atoms with Crippen LogP contribution in [0.2, 0.25) is 0 Å². The Bertz CT molecular complexity index is 17.1. The summed E-state index contributed by atoms with van der Waals surface area (Å²) >= 11 is 1.16. The van der Waals surface area contributed by atoms with Crippen molar-refractivity contribution >= 4 is 30.6 Å². The molecule has 0 aromatic rings. The van der Waals surface area contributed by atoms with E-state index in [0.29, 0.717) is 0 Å². The van der Waals surface area contributed by atoms with E-state index in [1.165, 1.54) is 0 Å². The molecular formula is H4Cl2OPZr. The SMILES string of the molecule is Cl.Cl.O=[PH2][Zr]. The van der Waals surface area contributed by atoms with Crippen LogP contribution in [0.25, 0.3) is 0 Å². The molecule has 0 aromatic carbocycles. The van der Waals surface area contributed by atoms with Crippen LogP contribution < -0.4 is 0 Å². The van der Waals surface area contributed by atoms with Crippen LogP contribution in [0.1, 0.15) is 0 Å². The van der Waals surface area contributed by atoms with Crippen LogP contribution in [0.5, 0.6) is 0 Å². The van der Waals surface area contributed by atoms with Crippen LogP contribution in [0.15, 0.2) is 0 Å². The van der Waals surface area contributed by atoms with Gasteiger partial charge < -0.3 is 0 Å². The van der Waals surface area contributed by atoms with Gasteiger partial charge in [-0.1, -0.05) is 0 Å². The zero-order valence-corrected chi connectivity index (χ0v) is 7.55. The quantitative estimate of drug-likeness (QED) is 0.549. The Kier molecular flexibility index (Phi) is 55.0. The molecule has 0 saturated carbocycles. The average Bonchev–Trinajstić information content (AvgIpc) is 0.918. The van der Waals surface area contributed by atoms with Crippen LogP contribution in [0.3, 0.4) is 0 Å². The summed E-state index contributed by atoms with van der Waals surface area (Å²) in [6, 6.07) is 0. The zero-order valence-electron chi connectivity index (χ0n) is 2.30. The normalized spacial score (nSPS) is 5.40. The number of halogens is 2. The van der Waals surface area contributed by atoms with Gasteiger partial charge in [0.05, 0.1) is 0 Å². The van der Waals surface area contributed by atoms with Gasteiger partial charge in [0.15, 0.2) is 0 Å². The molecule has 0 aliphatic rings. The van der Waals surface area contributed by atoms with Crippen molar-refractivity contribution in [2.24, 2.45) is 0 Å². The minimum atomic E-state index is -0.410. The van der Waals surface area contributed by atoms with Crippen molar-refractivity contribution in [3.05, 3.63) is 0 Å². The summed E-state index contributed by atoms with van der Waals surface area (Å²) in [5.41, 5.74) is 0. The molecule has 0 aliphatic heterocycles. The van der Waals surface area contributed by atoms with Crippen molar-refractivity contribution in [1.82, 2.24) is 0 Å². The Labute approximate surface area is 59.0 Å². The first-order valence-electron chi connectivity index (χ1n) is 0.524. The fourth-order valence-electron chi connectivity index (χ4n) is 0. The van der Waals surface area contributed by atoms with Crippen molar-refractivity contribution in [2.45, 2.75) is 0 Å². The molecule has 0 bridgehead atoms. The number of hydrogen-bond acceptors (Lipinski definition) is 1. The molecule has 0 N–H and O–H groups in total. The van der Waals surface area contributed by atoms with E-state index >= 15 is 0 Å². The molecule has 0 aromatic heterocycles. The molecule has 5 heavy (non-hydrogen) atoms. The van der Waals surface area contributed by atoms with Gasteiger partial charge in [-0.3, -0.25) is 0 Å². The third-order valence-corrected chi connectivity index (χ3v) is 0. The second-order valence-corrected chi connectivity index (χ2v) is 2.09. The van der Waals surface area contributed by atoms with Gasteiger partial charge in [0.25, 0.3) is 0 Å². The van der Waals surface area contributed by atoms with Gasteiger partial charge in [0.1, 0.15) is 0 Å². The maximum absolute atomic E-state index is 9.05. The molecule has 0 fully saturated rings. The second-order valence-electron chi connectivity index (χ2n) is 0.118. The zero-order chi connectivity index (χ0) is 2.71. The fourth-order valence-corrected chi connectivity index (χ4v) is 0. The van der Waals surface area contributed by atoms with Gasteiger partial charge in [0.2, 0.25) is 0 Å². The molecular weight excluding hydrogens is 209 g/mol. The molecule has 0 radical (unpaired) electrons. The van der Waals surface area contributed by atoms with Gasteiger partial charge in [0, 0.05) is 0 Å². The summed E-state index contributed by atoms with van der Waals surface area (Å²) in [5.74, 6) is -0.410. The topological polar surface area (TPSA) is 17.1 Å². The Morgan fingerprint density at radius 3 is 1.40 bits per heavy atom.